The molecule has 88 valence electrons. The predicted octanol–water partition coefficient (Wildman–Crippen LogP) is -0.274. The number of hydrogen-bond acceptors (Lipinski definition) is 4. The van der Waals surface area contributed by atoms with Gasteiger partial charge in [0.25, 0.3) is 0 Å². The molecule has 0 saturated heterocycles. The van der Waals surface area contributed by atoms with Crippen LogP contribution in [0.25, 0.3) is 0 Å². The Kier molecular flexibility index (Phi) is 6.51. The van der Waals surface area contributed by atoms with Gasteiger partial charge in [0.2, 0.25) is 0 Å². The van der Waals surface area contributed by atoms with Gasteiger partial charge in [0.1, 0.15) is 0 Å². The Balaban J connectivity index is 3.68. The second kappa shape index (κ2) is 6.79. The van der Waals surface area contributed by atoms with Crippen molar-refractivity contribution in [2.75, 3.05) is 6.54 Å². The molecule has 7 heteroatoms. The van der Waals surface area contributed by atoms with Crippen LogP contribution in [-0.2, 0) is 4.79 Å². The Hall–Kier alpha value is -0.621. The molecule has 0 aliphatic rings. The molecule has 0 amide bonds. The number of nitrogens with zero attached hydrogens (tertiary/aromatic N) is 1. The number of aliphatic imine (C=N–C) groups is 1. The Bertz CT molecular complexity index is 243. The Labute approximate surface area is 95.1 Å². The van der Waals surface area contributed by atoms with Crippen molar-refractivity contribution in [2.45, 2.75) is 30.0 Å². The fraction of sp³-hybridized carbons (Fsp3) is 0.750. The SMILES string of the molecule is CC(=NCC[Se]C[C@@](C)(N)C(=O)O)NO. The van der Waals surface area contributed by atoms with E-state index < -0.39 is 11.5 Å². The van der Waals surface area contributed by atoms with Crippen LogP contribution in [0.5, 0.6) is 0 Å². The number of carbonyl (C=O) groups is 1. The maximum atomic E-state index is 10.7. The van der Waals surface area contributed by atoms with Crippen molar-refractivity contribution in [3.63, 3.8) is 0 Å². The first-order valence-corrected chi connectivity index (χ1v) is 6.83. The summed E-state index contributed by atoms with van der Waals surface area (Å²) in [5.41, 5.74) is 6.35. The zero-order valence-electron chi connectivity index (χ0n) is 8.86. The molecular weight excluding hydrogens is 265 g/mol. The predicted molar refractivity (Wildman–Crippen MR) is 58.5 cm³/mol. The summed E-state index contributed by atoms with van der Waals surface area (Å²) in [6.45, 7) is 3.74. The number of nitrogens with one attached hydrogen (secondary N) is 1. The standard InChI is InChI=1S/C8H17N3O3Se/c1-6(11-14)10-3-4-15-5-8(2,9)7(12)13/h14H,3-5,9H2,1-2H3,(H,10,11)(H,12,13)/t8-/m1/s1. The van der Waals surface area contributed by atoms with Crippen LogP contribution < -0.4 is 11.2 Å². The summed E-state index contributed by atoms with van der Waals surface area (Å²) in [6.07, 6.45) is 0. The number of hydrogen-bond donors (Lipinski definition) is 4. The summed E-state index contributed by atoms with van der Waals surface area (Å²) in [7, 11) is 0. The normalized spacial score (nSPS) is 15.9. The van der Waals surface area contributed by atoms with Gasteiger partial charge in [-0.05, 0) is 0 Å². The number of nitrogens with two attached hydrogens (primary N) is 1. The summed E-state index contributed by atoms with van der Waals surface area (Å²) in [6, 6.07) is 0. The van der Waals surface area contributed by atoms with Gasteiger partial charge < -0.3 is 0 Å². The van der Waals surface area contributed by atoms with Crippen molar-refractivity contribution < 1.29 is 15.1 Å². The number of rotatable bonds is 6. The van der Waals surface area contributed by atoms with Crippen LogP contribution in [0.15, 0.2) is 4.99 Å². The van der Waals surface area contributed by atoms with Crippen molar-refractivity contribution in [1.82, 2.24) is 5.48 Å². The van der Waals surface area contributed by atoms with Gasteiger partial charge in [-0.25, -0.2) is 0 Å². The summed E-state index contributed by atoms with van der Waals surface area (Å²) in [4.78, 5) is 14.6. The molecule has 0 aliphatic heterocycles. The van der Waals surface area contributed by atoms with Gasteiger partial charge in [-0.2, -0.15) is 0 Å². The van der Waals surface area contributed by atoms with Crippen LogP contribution in [0, 0.1) is 0 Å². The summed E-state index contributed by atoms with van der Waals surface area (Å²) < 4.78 is 0. The molecule has 1 atom stereocenters. The summed E-state index contributed by atoms with van der Waals surface area (Å²) >= 11 is 0.154. The van der Waals surface area contributed by atoms with E-state index in [1.165, 1.54) is 6.92 Å². The number of carboxylic acids is 1. The average Bonchev–Trinajstić information content (AvgIpc) is 2.16. The Morgan fingerprint density at radius 2 is 2.27 bits per heavy atom. The van der Waals surface area contributed by atoms with Gasteiger partial charge in [0.05, 0.1) is 0 Å². The van der Waals surface area contributed by atoms with E-state index >= 15 is 0 Å². The number of amidine groups is 1. The Morgan fingerprint density at radius 3 is 2.73 bits per heavy atom. The van der Waals surface area contributed by atoms with Crippen LogP contribution >= 0.6 is 0 Å². The third-order valence-corrected chi connectivity index (χ3v) is 4.31. The van der Waals surface area contributed by atoms with E-state index in [0.717, 1.165) is 5.32 Å². The second-order valence-corrected chi connectivity index (χ2v) is 5.67. The van der Waals surface area contributed by atoms with Gasteiger partial charge in [-0.1, -0.05) is 0 Å². The molecule has 0 heterocycles. The number of aliphatic carboxylic acids is 1. The van der Waals surface area contributed by atoms with Gasteiger partial charge in [0.15, 0.2) is 0 Å². The molecule has 0 spiro atoms. The first-order valence-electron chi connectivity index (χ1n) is 4.41. The van der Waals surface area contributed by atoms with Crippen molar-refractivity contribution in [3.05, 3.63) is 0 Å². The van der Waals surface area contributed by atoms with Crippen LogP contribution in [0.2, 0.25) is 10.6 Å². The van der Waals surface area contributed by atoms with E-state index in [1.807, 2.05) is 5.48 Å². The number of carboxylic acid groups (broad SMARTS) is 1. The van der Waals surface area contributed by atoms with Gasteiger partial charge in [-0.3, -0.25) is 0 Å². The minimum absolute atomic E-state index is 0.154. The third kappa shape index (κ3) is 6.46. The van der Waals surface area contributed by atoms with E-state index in [-0.39, 0.29) is 15.0 Å². The summed E-state index contributed by atoms with van der Waals surface area (Å²) in [5, 5.41) is 18.5. The van der Waals surface area contributed by atoms with E-state index in [0.29, 0.717) is 17.7 Å². The van der Waals surface area contributed by atoms with Crippen molar-refractivity contribution >= 4 is 26.8 Å². The van der Waals surface area contributed by atoms with E-state index in [4.69, 9.17) is 16.0 Å². The van der Waals surface area contributed by atoms with Crippen molar-refractivity contribution in [1.29, 1.82) is 0 Å². The molecule has 0 aromatic carbocycles. The molecule has 6 nitrogen and oxygen atoms in total. The van der Waals surface area contributed by atoms with Gasteiger partial charge in [0, 0.05) is 0 Å². The fourth-order valence-corrected chi connectivity index (χ4v) is 2.57. The topological polar surface area (TPSA) is 108 Å². The second-order valence-electron chi connectivity index (χ2n) is 3.35. The van der Waals surface area contributed by atoms with Gasteiger partial charge in [-0.15, -0.1) is 0 Å². The molecular formula is C8H17N3O3Se. The van der Waals surface area contributed by atoms with Crippen LogP contribution in [0.3, 0.4) is 0 Å². The molecule has 0 aromatic rings. The molecule has 0 fully saturated rings. The van der Waals surface area contributed by atoms with Crippen LogP contribution in [0.1, 0.15) is 13.8 Å². The van der Waals surface area contributed by atoms with Crippen molar-refractivity contribution in [2.24, 2.45) is 10.7 Å². The van der Waals surface area contributed by atoms with E-state index in [1.54, 1.807) is 6.92 Å². The molecule has 0 rings (SSSR count). The number of hydroxylamine groups is 1. The zero-order chi connectivity index (χ0) is 11.9. The summed E-state index contributed by atoms with van der Waals surface area (Å²) in [5.74, 6) is -0.513. The van der Waals surface area contributed by atoms with E-state index in [2.05, 4.69) is 4.99 Å². The first kappa shape index (κ1) is 14.4. The quantitative estimate of drug-likeness (QED) is 0.176. The van der Waals surface area contributed by atoms with Crippen LogP contribution in [0.4, 0.5) is 0 Å². The van der Waals surface area contributed by atoms with Crippen LogP contribution in [-0.4, -0.2) is 49.2 Å². The monoisotopic (exact) mass is 283 g/mol. The molecule has 0 aromatic heterocycles. The average molecular weight is 282 g/mol. The van der Waals surface area contributed by atoms with Gasteiger partial charge >= 0.3 is 94.6 Å². The van der Waals surface area contributed by atoms with Crippen molar-refractivity contribution in [3.8, 4) is 0 Å². The minimum atomic E-state index is -1.13. The molecule has 0 unspecified atom stereocenters. The molecule has 0 radical (unpaired) electrons. The fourth-order valence-electron chi connectivity index (χ4n) is 0.659. The molecule has 0 aliphatic carbocycles. The van der Waals surface area contributed by atoms with E-state index in [9.17, 15) is 4.79 Å². The molecule has 5 N–H and O–H groups in total. The zero-order valence-corrected chi connectivity index (χ0v) is 10.6. The maximum absolute atomic E-state index is 10.7. The Morgan fingerprint density at radius 1 is 1.67 bits per heavy atom. The third-order valence-electron chi connectivity index (χ3n) is 1.64. The molecule has 0 bridgehead atoms. The molecule has 0 saturated carbocycles. The first-order chi connectivity index (χ1) is 6.90. The molecule has 15 heavy (non-hydrogen) atoms.